The van der Waals surface area contributed by atoms with Gasteiger partial charge in [0.1, 0.15) is 6.61 Å². The van der Waals surface area contributed by atoms with E-state index in [1.54, 1.807) is 4.90 Å². The van der Waals surface area contributed by atoms with E-state index in [9.17, 15) is 9.59 Å². The molecule has 0 bridgehead atoms. The Kier molecular flexibility index (Phi) is 4.25. The first kappa shape index (κ1) is 15.2. The molecule has 0 unspecified atom stereocenters. The number of urea groups is 1. The number of nitrogens with zero attached hydrogens (tertiary/aromatic N) is 1. The number of amides is 2. The fourth-order valence-electron chi connectivity index (χ4n) is 3.12. The molecule has 1 saturated heterocycles. The number of hydrogen-bond donors (Lipinski definition) is 1. The second kappa shape index (κ2) is 6.16. The largest absolute Gasteiger partial charge is 0.463 e. The van der Waals surface area contributed by atoms with Crippen LogP contribution < -0.4 is 5.73 Å². The molecule has 1 aliphatic carbocycles. The summed E-state index contributed by atoms with van der Waals surface area (Å²) >= 11 is 5.86. The van der Waals surface area contributed by atoms with Crippen molar-refractivity contribution in [2.75, 3.05) is 13.2 Å². The molecule has 1 saturated carbocycles. The Bertz CT molecular complexity index is 575. The van der Waals surface area contributed by atoms with Crippen LogP contribution in [0.25, 0.3) is 0 Å². The lowest BCUT2D eigenvalue weighted by atomic mass is 10.1. The standard InChI is InChI=1S/C16H19ClN2O3/c17-11-5-3-10(4-6-11)13-8-14(13)15(20)22-9-12-2-1-7-19(12)16(18)21/h3-6,12-14H,1-2,7-9H2,(H2,18,21)/t12-,13-,14-/m1/s1. The average molecular weight is 323 g/mol. The number of esters is 1. The fourth-order valence-corrected chi connectivity index (χ4v) is 3.24. The quantitative estimate of drug-likeness (QED) is 0.866. The maximum absolute atomic E-state index is 12.1. The predicted molar refractivity (Wildman–Crippen MR) is 82.6 cm³/mol. The smallest absolute Gasteiger partial charge is 0.315 e. The third-order valence-electron chi connectivity index (χ3n) is 4.47. The van der Waals surface area contributed by atoms with Crippen molar-refractivity contribution in [3.8, 4) is 0 Å². The molecule has 2 aliphatic rings. The average Bonchev–Trinajstić information content (AvgIpc) is 3.15. The van der Waals surface area contributed by atoms with Gasteiger partial charge in [0.25, 0.3) is 0 Å². The summed E-state index contributed by atoms with van der Waals surface area (Å²) in [5, 5.41) is 0.691. The number of nitrogens with two attached hydrogens (primary N) is 1. The molecule has 6 heteroatoms. The summed E-state index contributed by atoms with van der Waals surface area (Å²) in [6.45, 7) is 0.889. The number of primary amides is 1. The number of benzene rings is 1. The lowest BCUT2D eigenvalue weighted by Crippen LogP contribution is -2.42. The Morgan fingerprint density at radius 1 is 1.32 bits per heavy atom. The molecular formula is C16H19ClN2O3. The molecule has 1 aromatic carbocycles. The molecule has 0 spiro atoms. The van der Waals surface area contributed by atoms with Gasteiger partial charge in [0, 0.05) is 11.6 Å². The number of likely N-dealkylation sites (tertiary alicyclic amines) is 1. The molecule has 22 heavy (non-hydrogen) atoms. The minimum absolute atomic E-state index is 0.0748. The van der Waals surface area contributed by atoms with Crippen molar-refractivity contribution in [2.45, 2.75) is 31.2 Å². The first-order valence-electron chi connectivity index (χ1n) is 7.54. The lowest BCUT2D eigenvalue weighted by Gasteiger charge is -2.22. The normalized spacial score (nSPS) is 26.8. The van der Waals surface area contributed by atoms with Gasteiger partial charge in [-0.2, -0.15) is 0 Å². The molecule has 0 radical (unpaired) electrons. The molecule has 5 nitrogen and oxygen atoms in total. The van der Waals surface area contributed by atoms with Crippen molar-refractivity contribution in [3.05, 3.63) is 34.9 Å². The van der Waals surface area contributed by atoms with Gasteiger partial charge in [0.2, 0.25) is 0 Å². The molecule has 1 heterocycles. The van der Waals surface area contributed by atoms with Crippen LogP contribution in [0.15, 0.2) is 24.3 Å². The number of halogens is 1. The highest BCUT2D eigenvalue weighted by Gasteiger charge is 2.45. The van der Waals surface area contributed by atoms with Crippen LogP contribution in [0.5, 0.6) is 0 Å². The third-order valence-corrected chi connectivity index (χ3v) is 4.72. The number of carbonyl (C=O) groups excluding carboxylic acids is 2. The zero-order valence-electron chi connectivity index (χ0n) is 12.2. The topological polar surface area (TPSA) is 72.6 Å². The summed E-state index contributed by atoms with van der Waals surface area (Å²) in [7, 11) is 0. The van der Waals surface area contributed by atoms with Gasteiger partial charge in [-0.05, 0) is 42.9 Å². The van der Waals surface area contributed by atoms with Crippen LogP contribution in [-0.4, -0.2) is 36.1 Å². The molecular weight excluding hydrogens is 304 g/mol. The van der Waals surface area contributed by atoms with Crippen molar-refractivity contribution in [3.63, 3.8) is 0 Å². The predicted octanol–water partition coefficient (Wildman–Crippen LogP) is 2.53. The maximum atomic E-state index is 12.1. The Morgan fingerprint density at radius 3 is 2.73 bits per heavy atom. The summed E-state index contributed by atoms with van der Waals surface area (Å²) in [5.41, 5.74) is 6.43. The Labute approximate surface area is 134 Å². The Balaban J connectivity index is 1.49. The van der Waals surface area contributed by atoms with Crippen LogP contribution >= 0.6 is 11.6 Å². The van der Waals surface area contributed by atoms with Gasteiger partial charge >= 0.3 is 12.0 Å². The first-order valence-corrected chi connectivity index (χ1v) is 7.92. The van der Waals surface area contributed by atoms with Crippen LogP contribution in [0.3, 0.4) is 0 Å². The second-order valence-electron chi connectivity index (χ2n) is 5.96. The number of hydrogen-bond acceptors (Lipinski definition) is 3. The van der Waals surface area contributed by atoms with Crippen LogP contribution in [0.1, 0.15) is 30.7 Å². The Morgan fingerprint density at radius 2 is 2.05 bits per heavy atom. The van der Waals surface area contributed by atoms with E-state index in [2.05, 4.69) is 0 Å². The molecule has 118 valence electrons. The third kappa shape index (κ3) is 3.19. The van der Waals surface area contributed by atoms with Gasteiger partial charge in [-0.3, -0.25) is 4.79 Å². The minimum atomic E-state index is -0.441. The molecule has 2 N–H and O–H groups in total. The summed E-state index contributed by atoms with van der Waals surface area (Å²) in [4.78, 5) is 25.0. The summed E-state index contributed by atoms with van der Waals surface area (Å²) < 4.78 is 5.39. The second-order valence-corrected chi connectivity index (χ2v) is 6.39. The fraction of sp³-hybridized carbons (Fsp3) is 0.500. The molecule has 3 rings (SSSR count). The van der Waals surface area contributed by atoms with E-state index in [1.807, 2.05) is 24.3 Å². The first-order chi connectivity index (χ1) is 10.6. The zero-order chi connectivity index (χ0) is 15.7. The Hall–Kier alpha value is -1.75. The summed E-state index contributed by atoms with van der Waals surface area (Å²) in [6.07, 6.45) is 2.55. The summed E-state index contributed by atoms with van der Waals surface area (Å²) in [6, 6.07) is 7.05. The van der Waals surface area contributed by atoms with Gasteiger partial charge in [0.15, 0.2) is 0 Å². The van der Waals surface area contributed by atoms with Gasteiger partial charge in [0.05, 0.1) is 12.0 Å². The van der Waals surface area contributed by atoms with E-state index in [-0.39, 0.29) is 30.5 Å². The van der Waals surface area contributed by atoms with Gasteiger partial charge in [-0.1, -0.05) is 23.7 Å². The van der Waals surface area contributed by atoms with Crippen LogP contribution in [-0.2, 0) is 9.53 Å². The van der Waals surface area contributed by atoms with E-state index >= 15 is 0 Å². The van der Waals surface area contributed by atoms with E-state index in [4.69, 9.17) is 22.1 Å². The number of rotatable bonds is 4. The van der Waals surface area contributed by atoms with E-state index in [1.165, 1.54) is 0 Å². The van der Waals surface area contributed by atoms with Crippen molar-refractivity contribution >= 4 is 23.6 Å². The highest BCUT2D eigenvalue weighted by atomic mass is 35.5. The van der Waals surface area contributed by atoms with Crippen molar-refractivity contribution in [2.24, 2.45) is 11.7 Å². The highest BCUT2D eigenvalue weighted by molar-refractivity contribution is 6.30. The SMILES string of the molecule is NC(=O)N1CCC[C@@H]1COC(=O)[C@@H]1C[C@@H]1c1ccc(Cl)cc1. The molecule has 3 atom stereocenters. The van der Waals surface area contributed by atoms with Crippen LogP contribution in [0.2, 0.25) is 5.02 Å². The monoisotopic (exact) mass is 322 g/mol. The van der Waals surface area contributed by atoms with Crippen LogP contribution in [0, 0.1) is 5.92 Å². The number of carbonyl (C=O) groups is 2. The molecule has 2 amide bonds. The van der Waals surface area contributed by atoms with Crippen molar-refractivity contribution < 1.29 is 14.3 Å². The van der Waals surface area contributed by atoms with E-state index < -0.39 is 6.03 Å². The molecule has 0 aromatic heterocycles. The lowest BCUT2D eigenvalue weighted by molar-refractivity contribution is -0.146. The van der Waals surface area contributed by atoms with Gasteiger partial charge in [-0.25, -0.2) is 4.79 Å². The number of ether oxygens (including phenoxy) is 1. The van der Waals surface area contributed by atoms with Gasteiger partial charge < -0.3 is 15.4 Å². The summed E-state index contributed by atoms with van der Waals surface area (Å²) in [5.74, 6) is -0.0403. The molecule has 2 fully saturated rings. The minimum Gasteiger partial charge on any atom is -0.463 e. The van der Waals surface area contributed by atoms with Crippen LogP contribution in [0.4, 0.5) is 4.79 Å². The van der Waals surface area contributed by atoms with Crippen molar-refractivity contribution in [1.82, 2.24) is 4.90 Å². The van der Waals surface area contributed by atoms with E-state index in [0.29, 0.717) is 11.6 Å². The van der Waals surface area contributed by atoms with E-state index in [0.717, 1.165) is 24.8 Å². The maximum Gasteiger partial charge on any atom is 0.315 e. The zero-order valence-corrected chi connectivity index (χ0v) is 13.0. The highest BCUT2D eigenvalue weighted by Crippen LogP contribution is 2.48. The van der Waals surface area contributed by atoms with Gasteiger partial charge in [-0.15, -0.1) is 0 Å². The molecule has 1 aliphatic heterocycles. The molecule has 1 aromatic rings. The van der Waals surface area contributed by atoms with Crippen molar-refractivity contribution in [1.29, 1.82) is 0 Å².